The molecule has 0 bridgehead atoms. The third-order valence-electron chi connectivity index (χ3n) is 2.39. The zero-order valence-corrected chi connectivity index (χ0v) is 10.2. The van der Waals surface area contributed by atoms with Gasteiger partial charge in [0, 0.05) is 6.54 Å². The first-order valence-electron chi connectivity index (χ1n) is 5.77. The maximum absolute atomic E-state index is 11.5. The molecular formula is C11H22N2O3. The van der Waals surface area contributed by atoms with Gasteiger partial charge in [-0.3, -0.25) is 0 Å². The van der Waals surface area contributed by atoms with Gasteiger partial charge in [-0.1, -0.05) is 0 Å². The number of ether oxygens (including phenoxy) is 1. The number of hydrogen-bond donors (Lipinski definition) is 3. The third-order valence-corrected chi connectivity index (χ3v) is 2.39. The van der Waals surface area contributed by atoms with E-state index >= 15 is 0 Å². The minimum absolute atomic E-state index is 0.218. The van der Waals surface area contributed by atoms with Crippen LogP contribution in [0.4, 0.5) is 4.79 Å². The lowest BCUT2D eigenvalue weighted by Gasteiger charge is -2.25. The molecule has 2 atom stereocenters. The highest BCUT2D eigenvalue weighted by atomic mass is 16.6. The van der Waals surface area contributed by atoms with Crippen molar-refractivity contribution in [3.8, 4) is 0 Å². The molecule has 0 aromatic heterocycles. The molecule has 1 aliphatic heterocycles. The van der Waals surface area contributed by atoms with E-state index in [1.54, 1.807) is 0 Å². The minimum atomic E-state index is -0.546. The van der Waals surface area contributed by atoms with Crippen molar-refractivity contribution in [1.82, 2.24) is 10.6 Å². The first-order chi connectivity index (χ1) is 7.38. The average Bonchev–Trinajstić information content (AvgIpc) is 2.29. The average molecular weight is 230 g/mol. The molecular weight excluding hydrogens is 208 g/mol. The van der Waals surface area contributed by atoms with Crippen molar-refractivity contribution in [2.24, 2.45) is 0 Å². The Labute approximate surface area is 96.6 Å². The molecule has 0 aromatic carbocycles. The molecule has 0 aromatic rings. The van der Waals surface area contributed by atoms with Crippen LogP contribution < -0.4 is 10.6 Å². The molecule has 5 nitrogen and oxygen atoms in total. The van der Waals surface area contributed by atoms with Crippen LogP contribution in [0.2, 0.25) is 0 Å². The molecule has 0 aliphatic carbocycles. The molecule has 1 aliphatic rings. The summed E-state index contributed by atoms with van der Waals surface area (Å²) in [6.07, 6.45) is 0.707. The van der Waals surface area contributed by atoms with Gasteiger partial charge >= 0.3 is 6.09 Å². The van der Waals surface area contributed by atoms with Crippen LogP contribution in [0.5, 0.6) is 0 Å². The van der Waals surface area contributed by atoms with Crippen LogP contribution >= 0.6 is 0 Å². The highest BCUT2D eigenvalue weighted by molar-refractivity contribution is 5.68. The van der Waals surface area contributed by atoms with E-state index in [9.17, 15) is 9.90 Å². The zero-order valence-electron chi connectivity index (χ0n) is 10.2. The highest BCUT2D eigenvalue weighted by Crippen LogP contribution is 2.10. The smallest absolute Gasteiger partial charge is 0.407 e. The van der Waals surface area contributed by atoms with Crippen LogP contribution in [0.1, 0.15) is 33.6 Å². The number of amides is 1. The maximum atomic E-state index is 11.5. The molecule has 1 amide bonds. The first-order valence-corrected chi connectivity index (χ1v) is 5.77. The zero-order chi connectivity index (χ0) is 12.2. The fourth-order valence-corrected chi connectivity index (χ4v) is 1.66. The third kappa shape index (κ3) is 4.81. The van der Waals surface area contributed by atoms with Gasteiger partial charge < -0.3 is 20.5 Å². The lowest BCUT2D eigenvalue weighted by atomic mass is 10.1. The van der Waals surface area contributed by atoms with E-state index in [1.165, 1.54) is 0 Å². The summed E-state index contributed by atoms with van der Waals surface area (Å²) in [5, 5.41) is 15.6. The summed E-state index contributed by atoms with van der Waals surface area (Å²) in [7, 11) is 0. The van der Waals surface area contributed by atoms with Gasteiger partial charge in [-0.25, -0.2) is 4.79 Å². The van der Waals surface area contributed by atoms with Crippen molar-refractivity contribution in [2.45, 2.75) is 51.4 Å². The second kappa shape index (κ2) is 5.50. The summed E-state index contributed by atoms with van der Waals surface area (Å²) in [4.78, 5) is 11.5. The fraction of sp³-hybridized carbons (Fsp3) is 0.909. The van der Waals surface area contributed by atoms with Gasteiger partial charge in [0.2, 0.25) is 0 Å². The second-order valence-electron chi connectivity index (χ2n) is 5.17. The second-order valence-corrected chi connectivity index (χ2v) is 5.17. The normalized spacial score (nSPS) is 27.0. The number of alkyl carbamates (subject to hydrolysis) is 1. The van der Waals surface area contributed by atoms with Gasteiger partial charge in [0.1, 0.15) is 5.60 Å². The monoisotopic (exact) mass is 230 g/mol. The van der Waals surface area contributed by atoms with E-state index < -0.39 is 17.8 Å². The summed E-state index contributed by atoms with van der Waals surface area (Å²) in [5.74, 6) is 0. The Hall–Kier alpha value is -0.810. The predicted octanol–water partition coefficient (Wildman–Crippen LogP) is 0.624. The van der Waals surface area contributed by atoms with Crippen LogP contribution in [0.15, 0.2) is 0 Å². The van der Waals surface area contributed by atoms with Crippen LogP contribution in [-0.4, -0.2) is 42.0 Å². The van der Waals surface area contributed by atoms with Crippen LogP contribution in [-0.2, 0) is 4.74 Å². The SMILES string of the molecule is CC(C)(C)OC(=O)NC1CCCNC[C@H]1O. The van der Waals surface area contributed by atoms with Gasteiger partial charge in [0.05, 0.1) is 12.1 Å². The predicted molar refractivity (Wildman–Crippen MR) is 61.3 cm³/mol. The van der Waals surface area contributed by atoms with Crippen molar-refractivity contribution in [2.75, 3.05) is 13.1 Å². The number of aliphatic hydroxyl groups is 1. The van der Waals surface area contributed by atoms with Crippen molar-refractivity contribution < 1.29 is 14.6 Å². The molecule has 0 spiro atoms. The quantitative estimate of drug-likeness (QED) is 0.617. The lowest BCUT2D eigenvalue weighted by molar-refractivity contribution is 0.0426. The van der Waals surface area contributed by atoms with Gasteiger partial charge in [0.15, 0.2) is 0 Å². The fourth-order valence-electron chi connectivity index (χ4n) is 1.66. The summed E-state index contributed by atoms with van der Waals surface area (Å²) in [6.45, 7) is 6.84. The molecule has 1 fully saturated rings. The van der Waals surface area contributed by atoms with Gasteiger partial charge in [0.25, 0.3) is 0 Å². The van der Waals surface area contributed by atoms with Crippen LogP contribution in [0, 0.1) is 0 Å². The van der Waals surface area contributed by atoms with E-state index in [4.69, 9.17) is 4.74 Å². The first kappa shape index (κ1) is 13.3. The Morgan fingerprint density at radius 3 is 2.81 bits per heavy atom. The molecule has 1 saturated heterocycles. The maximum Gasteiger partial charge on any atom is 0.407 e. The van der Waals surface area contributed by atoms with Crippen molar-refractivity contribution in [3.63, 3.8) is 0 Å². The number of rotatable bonds is 1. The molecule has 16 heavy (non-hydrogen) atoms. The summed E-state index contributed by atoms with van der Waals surface area (Å²) < 4.78 is 5.15. The van der Waals surface area contributed by atoms with E-state index in [0.717, 1.165) is 19.4 Å². The number of carbonyl (C=O) groups excluding carboxylic acids is 1. The highest BCUT2D eigenvalue weighted by Gasteiger charge is 2.25. The number of carbonyl (C=O) groups is 1. The Bertz CT molecular complexity index is 238. The Balaban J connectivity index is 2.42. The number of hydrogen-bond acceptors (Lipinski definition) is 4. The Kier molecular flexibility index (Phi) is 4.56. The molecule has 1 unspecified atom stereocenters. The topological polar surface area (TPSA) is 70.6 Å². The van der Waals surface area contributed by atoms with Crippen molar-refractivity contribution >= 4 is 6.09 Å². The van der Waals surface area contributed by atoms with Crippen molar-refractivity contribution in [1.29, 1.82) is 0 Å². The lowest BCUT2D eigenvalue weighted by Crippen LogP contribution is -2.47. The number of aliphatic hydroxyl groups excluding tert-OH is 1. The minimum Gasteiger partial charge on any atom is -0.444 e. The molecule has 94 valence electrons. The van der Waals surface area contributed by atoms with Gasteiger partial charge in [-0.2, -0.15) is 0 Å². The number of β-amino-alcohol motifs (C(OH)–C–C–N with tert-alkyl or cyclic N) is 1. The van der Waals surface area contributed by atoms with E-state index in [1.807, 2.05) is 20.8 Å². The molecule has 1 rings (SSSR count). The van der Waals surface area contributed by atoms with Crippen molar-refractivity contribution in [3.05, 3.63) is 0 Å². The summed E-state index contributed by atoms with van der Waals surface area (Å²) in [5.41, 5.74) is -0.502. The molecule has 1 heterocycles. The standard InChI is InChI=1S/C11H22N2O3/c1-11(2,3)16-10(15)13-8-5-4-6-12-7-9(8)14/h8-9,12,14H,4-7H2,1-3H3,(H,13,15)/t8?,9-/m1/s1. The van der Waals surface area contributed by atoms with E-state index in [2.05, 4.69) is 10.6 Å². The molecule has 0 radical (unpaired) electrons. The van der Waals surface area contributed by atoms with Gasteiger partial charge in [-0.05, 0) is 40.2 Å². The molecule has 3 N–H and O–H groups in total. The molecule has 5 heteroatoms. The largest absolute Gasteiger partial charge is 0.444 e. The Morgan fingerprint density at radius 1 is 1.50 bits per heavy atom. The summed E-state index contributed by atoms with van der Waals surface area (Å²) in [6, 6.07) is -0.218. The van der Waals surface area contributed by atoms with Crippen LogP contribution in [0.3, 0.4) is 0 Å². The molecule has 0 saturated carbocycles. The summed E-state index contributed by atoms with van der Waals surface area (Å²) >= 11 is 0. The van der Waals surface area contributed by atoms with E-state index in [0.29, 0.717) is 6.54 Å². The Morgan fingerprint density at radius 2 is 2.19 bits per heavy atom. The number of nitrogens with one attached hydrogen (secondary N) is 2. The van der Waals surface area contributed by atoms with E-state index in [-0.39, 0.29) is 6.04 Å². The van der Waals surface area contributed by atoms with Gasteiger partial charge in [-0.15, -0.1) is 0 Å². The van der Waals surface area contributed by atoms with Crippen LogP contribution in [0.25, 0.3) is 0 Å².